The van der Waals surface area contributed by atoms with E-state index in [2.05, 4.69) is 167 Å². The minimum absolute atomic E-state index is 0.105. The highest BCUT2D eigenvalue weighted by Gasteiger charge is 2.45. The summed E-state index contributed by atoms with van der Waals surface area (Å²) in [5, 5.41) is 3.76. The zero-order chi connectivity index (χ0) is 32.9. The van der Waals surface area contributed by atoms with Crippen molar-refractivity contribution in [1.29, 1.82) is 0 Å². The van der Waals surface area contributed by atoms with Gasteiger partial charge < -0.3 is 4.57 Å². The molecule has 0 N–H and O–H groups in total. The van der Waals surface area contributed by atoms with Gasteiger partial charge in [0.25, 0.3) is 0 Å². The van der Waals surface area contributed by atoms with Crippen LogP contribution in [0.1, 0.15) is 56.9 Å². The zero-order valence-corrected chi connectivity index (χ0v) is 28.2. The van der Waals surface area contributed by atoms with Crippen molar-refractivity contribution in [2.75, 3.05) is 0 Å². The van der Waals surface area contributed by atoms with Gasteiger partial charge >= 0.3 is 0 Å². The smallest absolute Gasteiger partial charge is 0.0730 e. The van der Waals surface area contributed by atoms with Crippen LogP contribution in [-0.4, -0.2) is 9.55 Å². The summed E-state index contributed by atoms with van der Waals surface area (Å²) in [7, 11) is 0. The molecule has 232 valence electrons. The SMILES string of the molecule is C=C/C=C1\C(=C/C)c2c(ccc3c2-c2ccc4c(c2C3(C)C)c2ccccc2n4-c2cc(-c3ccccc3)nc3ccccc23)C1(C)C. The first-order valence-electron chi connectivity index (χ1n) is 17.0. The van der Waals surface area contributed by atoms with Crippen molar-refractivity contribution in [3.05, 3.63) is 162 Å². The molecule has 0 atom stereocenters. The van der Waals surface area contributed by atoms with E-state index in [-0.39, 0.29) is 10.8 Å². The van der Waals surface area contributed by atoms with Crippen LogP contribution in [0.2, 0.25) is 0 Å². The average molecular weight is 619 g/mol. The standard InChI is InChI=1S/C46H38N2/c1-7-16-33-29(8-2)41-34(45(33,3)4)24-25-35-42(41)32-23-26-39-43(44(32)46(35,5)6)31-20-13-15-22-38(31)48(39)40-27-37(28-17-10-9-11-18-28)47-36-21-14-12-19-30(36)40/h7-27H,1H2,2-6H3/b29-8+,33-16+. The summed E-state index contributed by atoms with van der Waals surface area (Å²) in [4.78, 5) is 5.13. The Morgan fingerprint density at radius 3 is 2.12 bits per heavy atom. The Balaban J connectivity index is 1.40. The minimum atomic E-state index is -0.197. The lowest BCUT2D eigenvalue weighted by Gasteiger charge is -2.24. The molecule has 0 saturated heterocycles. The minimum Gasteiger partial charge on any atom is -0.308 e. The molecule has 0 aliphatic heterocycles. The van der Waals surface area contributed by atoms with Crippen LogP contribution in [0.3, 0.4) is 0 Å². The van der Waals surface area contributed by atoms with Gasteiger partial charge in [0.1, 0.15) is 0 Å². The monoisotopic (exact) mass is 618 g/mol. The van der Waals surface area contributed by atoms with Gasteiger partial charge in [-0.15, -0.1) is 0 Å². The number of pyridine rings is 1. The Labute approximate surface area is 282 Å². The van der Waals surface area contributed by atoms with Crippen molar-refractivity contribution < 1.29 is 0 Å². The van der Waals surface area contributed by atoms with Gasteiger partial charge in [-0.05, 0) is 75.7 Å². The number of aromatic nitrogens is 2. The first-order valence-corrected chi connectivity index (χ1v) is 17.0. The molecular formula is C46H38N2. The fourth-order valence-electron chi connectivity index (χ4n) is 8.95. The van der Waals surface area contributed by atoms with E-state index in [0.29, 0.717) is 0 Å². The van der Waals surface area contributed by atoms with E-state index in [1.807, 2.05) is 6.08 Å². The Bertz CT molecular complexity index is 2570. The molecule has 2 heteroatoms. The van der Waals surface area contributed by atoms with E-state index in [1.165, 1.54) is 66.3 Å². The fourth-order valence-corrected chi connectivity index (χ4v) is 8.95. The maximum Gasteiger partial charge on any atom is 0.0730 e. The maximum absolute atomic E-state index is 5.13. The molecule has 9 rings (SSSR count). The van der Waals surface area contributed by atoms with Crippen LogP contribution in [0.15, 0.2) is 140 Å². The number of benzene rings is 5. The molecule has 7 aromatic rings. The molecular weight excluding hydrogens is 581 g/mol. The van der Waals surface area contributed by atoms with E-state index in [4.69, 9.17) is 4.98 Å². The molecule has 0 bridgehead atoms. The summed E-state index contributed by atoms with van der Waals surface area (Å²) in [6, 6.07) is 39.9. The first-order chi connectivity index (χ1) is 23.3. The summed E-state index contributed by atoms with van der Waals surface area (Å²) in [6.45, 7) is 15.8. The molecule has 2 aliphatic carbocycles. The Hall–Kier alpha value is -5.47. The topological polar surface area (TPSA) is 17.8 Å². The number of allylic oxidation sites excluding steroid dienone is 5. The van der Waals surface area contributed by atoms with Gasteiger partial charge in [-0.25, -0.2) is 4.98 Å². The molecule has 0 unspecified atom stereocenters. The third kappa shape index (κ3) is 3.66. The van der Waals surface area contributed by atoms with Crippen LogP contribution in [0, 0.1) is 0 Å². The molecule has 2 aromatic heterocycles. The fraction of sp³-hybridized carbons (Fsp3) is 0.152. The van der Waals surface area contributed by atoms with Crippen molar-refractivity contribution >= 4 is 38.3 Å². The second-order valence-corrected chi connectivity index (χ2v) is 14.3. The highest BCUT2D eigenvalue weighted by molar-refractivity contribution is 6.16. The molecule has 0 radical (unpaired) electrons. The summed E-state index contributed by atoms with van der Waals surface area (Å²) < 4.78 is 2.48. The van der Waals surface area contributed by atoms with Crippen LogP contribution in [0.25, 0.3) is 66.4 Å². The van der Waals surface area contributed by atoms with Crippen molar-refractivity contribution in [3.8, 4) is 28.1 Å². The average Bonchev–Trinajstić information content (AvgIpc) is 3.64. The highest BCUT2D eigenvalue weighted by Crippen LogP contribution is 2.60. The summed E-state index contributed by atoms with van der Waals surface area (Å²) in [6.07, 6.45) is 6.45. The maximum atomic E-state index is 5.13. The number of hydrogen-bond acceptors (Lipinski definition) is 1. The quantitative estimate of drug-likeness (QED) is 0.193. The predicted molar refractivity (Wildman–Crippen MR) is 204 cm³/mol. The lowest BCUT2D eigenvalue weighted by molar-refractivity contribution is 0.653. The zero-order valence-electron chi connectivity index (χ0n) is 28.2. The van der Waals surface area contributed by atoms with Crippen molar-refractivity contribution in [2.45, 2.75) is 45.4 Å². The van der Waals surface area contributed by atoms with E-state index < -0.39 is 0 Å². The number of nitrogens with zero attached hydrogens (tertiary/aromatic N) is 2. The normalized spacial score (nSPS) is 17.4. The third-order valence-electron chi connectivity index (χ3n) is 11.1. The van der Waals surface area contributed by atoms with E-state index in [9.17, 15) is 0 Å². The molecule has 0 amide bonds. The lowest BCUT2D eigenvalue weighted by atomic mass is 9.78. The molecule has 2 nitrogen and oxygen atoms in total. The first kappa shape index (κ1) is 28.7. The Morgan fingerprint density at radius 1 is 0.688 bits per heavy atom. The Kier molecular flexibility index (Phi) is 5.99. The van der Waals surface area contributed by atoms with Crippen molar-refractivity contribution in [2.24, 2.45) is 0 Å². The number of para-hydroxylation sites is 2. The molecule has 0 saturated carbocycles. The van der Waals surface area contributed by atoms with Crippen LogP contribution >= 0.6 is 0 Å². The van der Waals surface area contributed by atoms with Crippen LogP contribution in [-0.2, 0) is 10.8 Å². The van der Waals surface area contributed by atoms with E-state index >= 15 is 0 Å². The number of fused-ring (bicyclic) bond motifs is 10. The van der Waals surface area contributed by atoms with E-state index in [1.54, 1.807) is 0 Å². The summed E-state index contributed by atoms with van der Waals surface area (Å²) in [5.41, 5.74) is 17.4. The van der Waals surface area contributed by atoms with Gasteiger partial charge in [0.15, 0.2) is 0 Å². The molecule has 0 spiro atoms. The van der Waals surface area contributed by atoms with Crippen molar-refractivity contribution in [1.82, 2.24) is 9.55 Å². The van der Waals surface area contributed by atoms with Gasteiger partial charge in [-0.2, -0.15) is 0 Å². The molecule has 2 heterocycles. The largest absolute Gasteiger partial charge is 0.308 e. The van der Waals surface area contributed by atoms with Gasteiger partial charge in [0.2, 0.25) is 0 Å². The molecule has 0 fully saturated rings. The predicted octanol–water partition coefficient (Wildman–Crippen LogP) is 12.1. The van der Waals surface area contributed by atoms with Crippen molar-refractivity contribution in [3.63, 3.8) is 0 Å². The highest BCUT2D eigenvalue weighted by atomic mass is 15.0. The number of rotatable bonds is 3. The molecule has 2 aliphatic rings. The second kappa shape index (κ2) is 10.0. The summed E-state index contributed by atoms with van der Waals surface area (Å²) in [5.74, 6) is 0. The summed E-state index contributed by atoms with van der Waals surface area (Å²) >= 11 is 0. The molecule has 5 aromatic carbocycles. The third-order valence-corrected chi connectivity index (χ3v) is 11.1. The molecule has 48 heavy (non-hydrogen) atoms. The van der Waals surface area contributed by atoms with Crippen LogP contribution < -0.4 is 0 Å². The van der Waals surface area contributed by atoms with Gasteiger partial charge in [0, 0.05) is 32.6 Å². The van der Waals surface area contributed by atoms with E-state index in [0.717, 1.165) is 27.8 Å². The van der Waals surface area contributed by atoms with Gasteiger partial charge in [-0.1, -0.05) is 137 Å². The second-order valence-electron chi connectivity index (χ2n) is 14.3. The van der Waals surface area contributed by atoms with Crippen LogP contribution in [0.5, 0.6) is 0 Å². The Morgan fingerprint density at radius 2 is 1.38 bits per heavy atom. The lowest BCUT2D eigenvalue weighted by Crippen LogP contribution is -2.17. The van der Waals surface area contributed by atoms with Gasteiger partial charge in [0.05, 0.1) is 27.9 Å². The van der Waals surface area contributed by atoms with Gasteiger partial charge in [-0.3, -0.25) is 0 Å². The number of hydrogen-bond donors (Lipinski definition) is 0. The van der Waals surface area contributed by atoms with Crippen LogP contribution in [0.4, 0.5) is 0 Å².